The topological polar surface area (TPSA) is 59.2 Å². The molecule has 0 saturated carbocycles. The second kappa shape index (κ2) is 6.20. The van der Waals surface area contributed by atoms with Crippen LogP contribution in [-0.4, -0.2) is 23.3 Å². The fraction of sp³-hybridized carbons (Fsp3) is 0.333. The van der Waals surface area contributed by atoms with Gasteiger partial charge in [-0.3, -0.25) is 4.79 Å². The molecular weight excluding hydrogens is 314 g/mol. The number of rotatable bonds is 3. The highest BCUT2D eigenvalue weighted by atomic mass is 35.5. The number of esters is 1. The second-order valence-corrected chi connectivity index (χ2v) is 6.16. The van der Waals surface area contributed by atoms with E-state index in [1.165, 1.54) is 0 Å². The normalized spacial score (nSPS) is 17.0. The molecule has 0 bridgehead atoms. The number of halogens is 1. The summed E-state index contributed by atoms with van der Waals surface area (Å²) in [6, 6.07) is 7.58. The maximum absolute atomic E-state index is 12.6. The molecule has 0 amide bonds. The predicted molar refractivity (Wildman–Crippen MR) is 88.3 cm³/mol. The van der Waals surface area contributed by atoms with Crippen LogP contribution < -0.4 is 0 Å². The number of H-pyrrole nitrogens is 1. The average Bonchev–Trinajstić information content (AvgIpc) is 2.85. The molecule has 1 aromatic carbocycles. The molecule has 3 rings (SSSR count). The van der Waals surface area contributed by atoms with Crippen LogP contribution in [0.15, 0.2) is 24.3 Å². The van der Waals surface area contributed by atoms with Crippen LogP contribution in [0.5, 0.6) is 0 Å². The van der Waals surface area contributed by atoms with Gasteiger partial charge in [0.1, 0.15) is 5.69 Å². The van der Waals surface area contributed by atoms with Gasteiger partial charge >= 0.3 is 5.97 Å². The van der Waals surface area contributed by atoms with Gasteiger partial charge in [-0.2, -0.15) is 0 Å². The monoisotopic (exact) mass is 331 g/mol. The fourth-order valence-electron chi connectivity index (χ4n) is 3.27. The molecule has 1 N–H and O–H groups in total. The van der Waals surface area contributed by atoms with Gasteiger partial charge in [0.25, 0.3) is 0 Å². The summed E-state index contributed by atoms with van der Waals surface area (Å²) in [4.78, 5) is 27.7. The van der Waals surface area contributed by atoms with Crippen molar-refractivity contribution in [3.63, 3.8) is 0 Å². The third-order valence-electron chi connectivity index (χ3n) is 4.31. The lowest BCUT2D eigenvalue weighted by atomic mass is 9.81. The molecule has 0 radical (unpaired) electrons. The zero-order valence-corrected chi connectivity index (χ0v) is 13.9. The van der Waals surface area contributed by atoms with Crippen molar-refractivity contribution < 1.29 is 14.3 Å². The van der Waals surface area contributed by atoms with Crippen molar-refractivity contribution in [2.45, 2.75) is 32.6 Å². The summed E-state index contributed by atoms with van der Waals surface area (Å²) in [6.45, 7) is 3.85. The van der Waals surface area contributed by atoms with Crippen LogP contribution in [0.2, 0.25) is 5.02 Å². The number of Topliss-reactive ketones (excluding diaryl/α,β-unsaturated/α-hetero) is 1. The molecule has 1 unspecified atom stereocenters. The first kappa shape index (κ1) is 15.8. The Labute approximate surface area is 139 Å². The fourth-order valence-corrected chi connectivity index (χ4v) is 3.56. The summed E-state index contributed by atoms with van der Waals surface area (Å²) in [5.74, 6) is -0.348. The molecule has 1 heterocycles. The molecule has 120 valence electrons. The van der Waals surface area contributed by atoms with E-state index in [4.69, 9.17) is 16.3 Å². The molecule has 1 aliphatic rings. The Morgan fingerprint density at radius 2 is 2.09 bits per heavy atom. The zero-order chi connectivity index (χ0) is 16.6. The molecule has 0 saturated heterocycles. The van der Waals surface area contributed by atoms with Crippen LogP contribution in [0.1, 0.15) is 56.9 Å². The Balaban J connectivity index is 1.98. The number of fused-ring (bicyclic) bond motifs is 1. The van der Waals surface area contributed by atoms with Gasteiger partial charge in [0.05, 0.1) is 6.61 Å². The number of ether oxygens (including phenoxy) is 1. The number of nitrogens with one attached hydrogen (secondary N) is 1. The van der Waals surface area contributed by atoms with Crippen LogP contribution >= 0.6 is 11.6 Å². The van der Waals surface area contributed by atoms with E-state index < -0.39 is 5.97 Å². The molecule has 2 aromatic rings. The number of ketones is 1. The lowest BCUT2D eigenvalue weighted by molar-refractivity contribution is 0.0519. The van der Waals surface area contributed by atoms with Gasteiger partial charge in [-0.1, -0.05) is 29.8 Å². The van der Waals surface area contributed by atoms with Crippen molar-refractivity contribution in [1.29, 1.82) is 0 Å². The van der Waals surface area contributed by atoms with Crippen molar-refractivity contribution in [2.75, 3.05) is 6.61 Å². The summed E-state index contributed by atoms with van der Waals surface area (Å²) >= 11 is 6.26. The van der Waals surface area contributed by atoms with Crippen molar-refractivity contribution in [2.24, 2.45) is 0 Å². The molecule has 5 heteroatoms. The Kier molecular flexibility index (Phi) is 4.26. The standard InChI is InChI=1S/C18H18ClNO3/c1-3-23-18(22)17-10(2)16-14(20-17)8-11(9-15(16)21)12-6-4-5-7-13(12)19/h4-7,11,20H,3,8-9H2,1-2H3. The van der Waals surface area contributed by atoms with E-state index in [9.17, 15) is 9.59 Å². The number of benzene rings is 1. The van der Waals surface area contributed by atoms with Crippen molar-refractivity contribution in [3.8, 4) is 0 Å². The highest BCUT2D eigenvalue weighted by Crippen LogP contribution is 2.37. The van der Waals surface area contributed by atoms with Gasteiger partial charge in [-0.25, -0.2) is 4.79 Å². The number of carbonyl (C=O) groups excluding carboxylic acids is 2. The lowest BCUT2D eigenvalue weighted by Gasteiger charge is -2.22. The summed E-state index contributed by atoms with van der Waals surface area (Å²) < 4.78 is 5.05. The number of aromatic amines is 1. The average molecular weight is 332 g/mol. The quantitative estimate of drug-likeness (QED) is 0.863. The maximum Gasteiger partial charge on any atom is 0.355 e. The van der Waals surface area contributed by atoms with E-state index in [2.05, 4.69) is 4.98 Å². The molecule has 0 spiro atoms. The summed E-state index contributed by atoms with van der Waals surface area (Å²) in [5, 5.41) is 0.669. The molecule has 23 heavy (non-hydrogen) atoms. The Hall–Kier alpha value is -2.07. The van der Waals surface area contributed by atoms with Crippen molar-refractivity contribution in [1.82, 2.24) is 4.98 Å². The lowest BCUT2D eigenvalue weighted by Crippen LogP contribution is -2.18. The van der Waals surface area contributed by atoms with E-state index in [0.717, 1.165) is 11.3 Å². The molecule has 0 fully saturated rings. The molecule has 1 aromatic heterocycles. The van der Waals surface area contributed by atoms with Crippen LogP contribution in [-0.2, 0) is 11.2 Å². The van der Waals surface area contributed by atoms with Gasteiger partial charge in [-0.05, 0) is 43.4 Å². The highest BCUT2D eigenvalue weighted by molar-refractivity contribution is 6.31. The smallest absolute Gasteiger partial charge is 0.355 e. The molecule has 4 nitrogen and oxygen atoms in total. The summed E-state index contributed by atoms with van der Waals surface area (Å²) in [7, 11) is 0. The molecule has 1 aliphatic carbocycles. The predicted octanol–water partition coefficient (Wildman–Crippen LogP) is 4.07. The molecule has 1 atom stereocenters. The van der Waals surface area contributed by atoms with E-state index in [0.29, 0.717) is 41.3 Å². The number of carbonyl (C=O) groups is 2. The Morgan fingerprint density at radius 3 is 2.78 bits per heavy atom. The van der Waals surface area contributed by atoms with Crippen molar-refractivity contribution in [3.05, 3.63) is 57.4 Å². The summed E-state index contributed by atoms with van der Waals surface area (Å²) in [6.07, 6.45) is 1.06. The minimum atomic E-state index is -0.415. The van der Waals surface area contributed by atoms with Gasteiger partial charge in [0.15, 0.2) is 5.78 Å². The molecule has 0 aliphatic heterocycles. The van der Waals surface area contributed by atoms with Gasteiger partial charge < -0.3 is 9.72 Å². The van der Waals surface area contributed by atoms with Crippen LogP contribution in [0.25, 0.3) is 0 Å². The third-order valence-corrected chi connectivity index (χ3v) is 4.66. The third kappa shape index (κ3) is 2.79. The molecular formula is C18H18ClNO3. The SMILES string of the molecule is CCOC(=O)c1[nH]c2c(c1C)C(=O)CC(c1ccccc1Cl)C2. The van der Waals surface area contributed by atoms with E-state index in [1.54, 1.807) is 13.8 Å². The minimum absolute atomic E-state index is 0.0248. The maximum atomic E-state index is 12.6. The van der Waals surface area contributed by atoms with Gasteiger partial charge in [0, 0.05) is 22.7 Å². The minimum Gasteiger partial charge on any atom is -0.461 e. The Morgan fingerprint density at radius 1 is 1.35 bits per heavy atom. The Bertz CT molecular complexity index is 779. The largest absolute Gasteiger partial charge is 0.461 e. The van der Waals surface area contributed by atoms with E-state index in [1.807, 2.05) is 24.3 Å². The van der Waals surface area contributed by atoms with Gasteiger partial charge in [0.2, 0.25) is 0 Å². The zero-order valence-electron chi connectivity index (χ0n) is 13.1. The van der Waals surface area contributed by atoms with E-state index >= 15 is 0 Å². The van der Waals surface area contributed by atoms with E-state index in [-0.39, 0.29) is 11.7 Å². The first-order valence-corrected chi connectivity index (χ1v) is 8.06. The number of hydrogen-bond acceptors (Lipinski definition) is 3. The second-order valence-electron chi connectivity index (χ2n) is 5.75. The first-order valence-electron chi connectivity index (χ1n) is 7.69. The first-order chi connectivity index (χ1) is 11.0. The van der Waals surface area contributed by atoms with Crippen LogP contribution in [0, 0.1) is 6.92 Å². The highest BCUT2D eigenvalue weighted by Gasteiger charge is 2.32. The van der Waals surface area contributed by atoms with Crippen LogP contribution in [0.4, 0.5) is 0 Å². The number of hydrogen-bond donors (Lipinski definition) is 1. The summed E-state index contributed by atoms with van der Waals surface area (Å²) in [5.41, 5.74) is 3.47. The van der Waals surface area contributed by atoms with Crippen LogP contribution in [0.3, 0.4) is 0 Å². The van der Waals surface area contributed by atoms with Crippen molar-refractivity contribution >= 4 is 23.4 Å². The van der Waals surface area contributed by atoms with Gasteiger partial charge in [-0.15, -0.1) is 0 Å². The number of aromatic nitrogens is 1.